The second-order valence-corrected chi connectivity index (χ2v) is 4.89. The summed E-state index contributed by atoms with van der Waals surface area (Å²) in [6.07, 6.45) is 6.16. The van der Waals surface area contributed by atoms with E-state index in [0.717, 1.165) is 6.54 Å². The highest BCUT2D eigenvalue weighted by Gasteiger charge is 2.23. The van der Waals surface area contributed by atoms with Crippen molar-refractivity contribution < 1.29 is 9.90 Å². The second kappa shape index (κ2) is 7.67. The molecular formula is C13H26N2O2. The van der Waals surface area contributed by atoms with Gasteiger partial charge in [0.2, 0.25) is 5.91 Å². The number of nitrogens with zero attached hydrogens (tertiary/aromatic N) is 2. The maximum Gasteiger partial charge on any atom is 0.236 e. The molecule has 0 heterocycles. The van der Waals surface area contributed by atoms with Crippen LogP contribution in [0.5, 0.6) is 0 Å². The molecule has 0 atom stereocenters. The summed E-state index contributed by atoms with van der Waals surface area (Å²) in [6.45, 7) is 3.94. The minimum absolute atomic E-state index is 0.139. The van der Waals surface area contributed by atoms with E-state index in [2.05, 4.69) is 4.90 Å². The van der Waals surface area contributed by atoms with Gasteiger partial charge in [-0.15, -0.1) is 0 Å². The van der Waals surface area contributed by atoms with E-state index in [9.17, 15) is 4.79 Å². The fraction of sp³-hybridized carbons (Fsp3) is 0.923. The van der Waals surface area contributed by atoms with Crippen LogP contribution in [0, 0.1) is 0 Å². The van der Waals surface area contributed by atoms with Gasteiger partial charge in [0.05, 0.1) is 13.2 Å². The molecule has 4 nitrogen and oxygen atoms in total. The lowest BCUT2D eigenvalue weighted by molar-refractivity contribution is -0.131. The maximum absolute atomic E-state index is 11.9. The van der Waals surface area contributed by atoms with E-state index in [0.29, 0.717) is 19.1 Å². The van der Waals surface area contributed by atoms with E-state index in [1.165, 1.54) is 32.1 Å². The summed E-state index contributed by atoms with van der Waals surface area (Å²) in [5.41, 5.74) is 0. The van der Waals surface area contributed by atoms with Gasteiger partial charge in [0.25, 0.3) is 0 Å². The highest BCUT2D eigenvalue weighted by atomic mass is 16.3. The monoisotopic (exact) mass is 242 g/mol. The third kappa shape index (κ3) is 4.64. The molecule has 0 unspecified atom stereocenters. The van der Waals surface area contributed by atoms with E-state index >= 15 is 0 Å². The van der Waals surface area contributed by atoms with Crippen LogP contribution in [0.15, 0.2) is 0 Å². The lowest BCUT2D eigenvalue weighted by Gasteiger charge is -2.34. The minimum Gasteiger partial charge on any atom is -0.395 e. The van der Waals surface area contributed by atoms with Crippen LogP contribution in [0.1, 0.15) is 39.0 Å². The molecule has 0 aromatic rings. The molecule has 4 heteroatoms. The van der Waals surface area contributed by atoms with Crippen molar-refractivity contribution in [3.05, 3.63) is 0 Å². The van der Waals surface area contributed by atoms with Crippen LogP contribution in [0.3, 0.4) is 0 Å². The van der Waals surface area contributed by atoms with Gasteiger partial charge in [-0.1, -0.05) is 19.3 Å². The summed E-state index contributed by atoms with van der Waals surface area (Å²) >= 11 is 0. The molecule has 1 N–H and O–H groups in total. The van der Waals surface area contributed by atoms with E-state index < -0.39 is 0 Å². The summed E-state index contributed by atoms with van der Waals surface area (Å²) < 4.78 is 0. The van der Waals surface area contributed by atoms with Crippen LogP contribution >= 0.6 is 0 Å². The Bertz CT molecular complexity index is 227. The number of amides is 1. The average molecular weight is 242 g/mol. The molecule has 0 radical (unpaired) electrons. The van der Waals surface area contributed by atoms with Crippen molar-refractivity contribution >= 4 is 5.91 Å². The van der Waals surface area contributed by atoms with Crippen molar-refractivity contribution in [3.63, 3.8) is 0 Å². The SMILES string of the molecule is CCN(C)C(=O)CN(CCO)C1CCCCC1. The Hall–Kier alpha value is -0.610. The zero-order valence-electron chi connectivity index (χ0n) is 11.2. The molecule has 0 spiro atoms. The number of carbonyl (C=O) groups excluding carboxylic acids is 1. The van der Waals surface area contributed by atoms with E-state index in [1.54, 1.807) is 4.90 Å². The summed E-state index contributed by atoms with van der Waals surface area (Å²) in [5, 5.41) is 9.11. The molecule has 0 aromatic heterocycles. The first-order chi connectivity index (χ1) is 8.19. The number of hydrogen-bond acceptors (Lipinski definition) is 3. The molecule has 1 aliphatic carbocycles. The van der Waals surface area contributed by atoms with Gasteiger partial charge in [0.15, 0.2) is 0 Å². The van der Waals surface area contributed by atoms with Crippen molar-refractivity contribution in [1.82, 2.24) is 9.80 Å². The van der Waals surface area contributed by atoms with Crippen LogP contribution in [0.25, 0.3) is 0 Å². The molecule has 100 valence electrons. The lowest BCUT2D eigenvalue weighted by atomic mass is 9.94. The van der Waals surface area contributed by atoms with Crippen molar-refractivity contribution in [2.24, 2.45) is 0 Å². The first-order valence-electron chi connectivity index (χ1n) is 6.78. The molecule has 1 fully saturated rings. The fourth-order valence-corrected chi connectivity index (χ4v) is 2.44. The van der Waals surface area contributed by atoms with Gasteiger partial charge >= 0.3 is 0 Å². The Labute approximate surface area is 105 Å². The minimum atomic E-state index is 0.139. The summed E-state index contributed by atoms with van der Waals surface area (Å²) in [5.74, 6) is 0.159. The second-order valence-electron chi connectivity index (χ2n) is 4.89. The van der Waals surface area contributed by atoms with Crippen molar-refractivity contribution in [1.29, 1.82) is 0 Å². The van der Waals surface area contributed by atoms with Crippen LogP contribution in [0.2, 0.25) is 0 Å². The Morgan fingerprint density at radius 2 is 1.94 bits per heavy atom. The highest BCUT2D eigenvalue weighted by molar-refractivity contribution is 5.77. The number of rotatable bonds is 6. The van der Waals surface area contributed by atoms with Gasteiger partial charge in [0.1, 0.15) is 0 Å². The average Bonchev–Trinajstić information content (AvgIpc) is 2.38. The van der Waals surface area contributed by atoms with E-state index in [4.69, 9.17) is 5.11 Å². The molecular weight excluding hydrogens is 216 g/mol. The van der Waals surface area contributed by atoms with E-state index in [-0.39, 0.29) is 12.5 Å². The molecule has 0 aromatic carbocycles. The summed E-state index contributed by atoms with van der Waals surface area (Å²) in [4.78, 5) is 15.8. The maximum atomic E-state index is 11.9. The zero-order chi connectivity index (χ0) is 12.7. The van der Waals surface area contributed by atoms with Crippen LogP contribution in [-0.4, -0.2) is 60.1 Å². The van der Waals surface area contributed by atoms with E-state index in [1.807, 2.05) is 14.0 Å². The zero-order valence-corrected chi connectivity index (χ0v) is 11.2. The number of hydrogen-bond donors (Lipinski definition) is 1. The Morgan fingerprint density at radius 3 is 2.47 bits per heavy atom. The fourth-order valence-electron chi connectivity index (χ4n) is 2.44. The Kier molecular flexibility index (Phi) is 6.52. The number of aliphatic hydroxyl groups excluding tert-OH is 1. The van der Waals surface area contributed by atoms with Crippen molar-refractivity contribution in [3.8, 4) is 0 Å². The molecule has 0 bridgehead atoms. The number of likely N-dealkylation sites (N-methyl/N-ethyl adjacent to an activating group) is 1. The summed E-state index contributed by atoms with van der Waals surface area (Å²) in [7, 11) is 1.83. The van der Waals surface area contributed by atoms with Crippen LogP contribution < -0.4 is 0 Å². The predicted octanol–water partition coefficient (Wildman–Crippen LogP) is 1.09. The van der Waals surface area contributed by atoms with Crippen molar-refractivity contribution in [2.45, 2.75) is 45.1 Å². The van der Waals surface area contributed by atoms with Crippen LogP contribution in [0.4, 0.5) is 0 Å². The lowest BCUT2D eigenvalue weighted by Crippen LogP contribution is -2.45. The molecule has 1 saturated carbocycles. The van der Waals surface area contributed by atoms with Gasteiger partial charge in [-0.05, 0) is 19.8 Å². The van der Waals surface area contributed by atoms with Gasteiger partial charge in [-0.3, -0.25) is 9.69 Å². The van der Waals surface area contributed by atoms with Gasteiger partial charge < -0.3 is 10.0 Å². The molecule has 1 rings (SSSR count). The first kappa shape index (κ1) is 14.5. The molecule has 0 saturated heterocycles. The predicted molar refractivity (Wildman–Crippen MR) is 68.8 cm³/mol. The number of aliphatic hydroxyl groups is 1. The Balaban J connectivity index is 2.49. The normalized spacial score (nSPS) is 17.4. The third-order valence-corrected chi connectivity index (χ3v) is 3.72. The summed E-state index contributed by atoms with van der Waals surface area (Å²) in [6, 6.07) is 0.491. The largest absolute Gasteiger partial charge is 0.395 e. The van der Waals surface area contributed by atoms with Gasteiger partial charge in [-0.2, -0.15) is 0 Å². The Morgan fingerprint density at radius 1 is 1.29 bits per heavy atom. The first-order valence-corrected chi connectivity index (χ1v) is 6.78. The number of carbonyl (C=O) groups is 1. The molecule has 1 amide bonds. The van der Waals surface area contributed by atoms with Gasteiger partial charge in [-0.25, -0.2) is 0 Å². The standard InChI is InChI=1S/C13H26N2O2/c1-3-14(2)13(17)11-15(9-10-16)12-7-5-4-6-8-12/h12,16H,3-11H2,1-2H3. The van der Waals surface area contributed by atoms with Gasteiger partial charge in [0, 0.05) is 26.2 Å². The smallest absolute Gasteiger partial charge is 0.236 e. The molecule has 1 aliphatic rings. The molecule has 17 heavy (non-hydrogen) atoms. The van der Waals surface area contributed by atoms with Crippen LogP contribution in [-0.2, 0) is 4.79 Å². The molecule has 0 aliphatic heterocycles. The highest BCUT2D eigenvalue weighted by Crippen LogP contribution is 2.22. The quantitative estimate of drug-likeness (QED) is 0.758. The van der Waals surface area contributed by atoms with Crippen molar-refractivity contribution in [2.75, 3.05) is 33.3 Å². The third-order valence-electron chi connectivity index (χ3n) is 3.72. The topological polar surface area (TPSA) is 43.8 Å².